The molecule has 0 fully saturated rings. The van der Waals surface area contributed by atoms with Gasteiger partial charge in [0, 0.05) is 23.7 Å². The summed E-state index contributed by atoms with van der Waals surface area (Å²) < 4.78 is 2.03. The number of benzene rings is 2. The molecule has 1 aromatic heterocycles. The Balaban J connectivity index is 1.82. The second kappa shape index (κ2) is 5.38. The second-order valence-corrected chi connectivity index (χ2v) is 6.19. The summed E-state index contributed by atoms with van der Waals surface area (Å²) in [6.07, 6.45) is 0.918. The summed E-state index contributed by atoms with van der Waals surface area (Å²) in [6, 6.07) is 20.8. The van der Waals surface area contributed by atoms with E-state index in [-0.39, 0.29) is 0 Å². The molecule has 0 saturated carbocycles. The van der Waals surface area contributed by atoms with E-state index >= 15 is 0 Å². The summed E-state index contributed by atoms with van der Waals surface area (Å²) in [5.41, 5.74) is 2.46. The summed E-state index contributed by atoms with van der Waals surface area (Å²) in [5, 5.41) is 5.83. The number of rotatable bonds is 3. The molecular weight excluding hydrogens is 259 g/mol. The Labute approximate surface area is 111 Å². The van der Waals surface area contributed by atoms with E-state index in [1.807, 2.05) is 28.7 Å². The molecule has 0 bridgehead atoms. The van der Waals surface area contributed by atoms with E-state index in [4.69, 9.17) is 0 Å². The van der Waals surface area contributed by atoms with Crippen LogP contribution in [0.4, 0.5) is 0 Å². The molecule has 0 spiro atoms. The first-order valence-corrected chi connectivity index (χ1v) is 8.03. The van der Waals surface area contributed by atoms with Crippen LogP contribution in [0.15, 0.2) is 60.7 Å². The van der Waals surface area contributed by atoms with E-state index in [9.17, 15) is 0 Å². The molecule has 0 atom stereocenters. The Morgan fingerprint density at radius 1 is 0.944 bits per heavy atom. The van der Waals surface area contributed by atoms with Crippen LogP contribution in [-0.2, 0) is 6.42 Å². The first-order chi connectivity index (χ1) is 8.92. The van der Waals surface area contributed by atoms with Crippen LogP contribution in [0.3, 0.4) is 0 Å². The van der Waals surface area contributed by atoms with E-state index in [0.29, 0.717) is 0 Å². The zero-order valence-corrected chi connectivity index (χ0v) is 11.4. The summed E-state index contributed by atoms with van der Waals surface area (Å²) in [6.45, 7) is 0. The lowest BCUT2D eigenvalue weighted by atomic mass is 10.2. The van der Waals surface area contributed by atoms with Gasteiger partial charge in [-0.3, -0.25) is 0 Å². The van der Waals surface area contributed by atoms with Gasteiger partial charge < -0.3 is 0 Å². The number of hydrogen-bond acceptors (Lipinski definition) is 2. The normalized spacial score (nSPS) is 10.9. The molecule has 88 valence electrons. The molecule has 0 aliphatic rings. The molecule has 0 saturated heterocycles. The van der Waals surface area contributed by atoms with Crippen LogP contribution in [0.5, 0.6) is 0 Å². The van der Waals surface area contributed by atoms with Gasteiger partial charge in [0.05, 0.1) is 0 Å². The molecule has 2 aromatic carbocycles. The molecular formula is C14H12N2PS+. The molecule has 0 aliphatic carbocycles. The Bertz CT molecular complexity index is 623. The highest BCUT2D eigenvalue weighted by Gasteiger charge is 2.13. The maximum atomic E-state index is 4.65. The molecule has 3 aromatic rings. The van der Waals surface area contributed by atoms with Gasteiger partial charge in [0.25, 0.3) is 0 Å². The van der Waals surface area contributed by atoms with Crippen molar-refractivity contribution in [3.05, 3.63) is 71.2 Å². The summed E-state index contributed by atoms with van der Waals surface area (Å²) in [5.74, 6) is 0. The van der Waals surface area contributed by atoms with Crippen LogP contribution in [0.2, 0.25) is 0 Å². The Morgan fingerprint density at radius 3 is 2.33 bits per heavy atom. The van der Waals surface area contributed by atoms with Crippen molar-refractivity contribution in [3.8, 4) is 5.69 Å². The SMILES string of the molecule is c1ccc(Cc2n[n+](-c3ccccc3)ps2)cc1. The Kier molecular flexibility index (Phi) is 3.44. The Hall–Kier alpha value is -1.57. The van der Waals surface area contributed by atoms with Crippen molar-refractivity contribution >= 4 is 18.5 Å². The number of para-hydroxylation sites is 1. The fourth-order valence-corrected chi connectivity index (χ4v) is 3.90. The Morgan fingerprint density at radius 2 is 1.61 bits per heavy atom. The number of nitrogens with zero attached hydrogens (tertiary/aromatic N) is 2. The first kappa shape index (κ1) is 11.5. The smallest absolute Gasteiger partial charge is 0.0622 e. The zero-order chi connectivity index (χ0) is 12.2. The average molecular weight is 271 g/mol. The molecule has 0 radical (unpaired) electrons. The second-order valence-electron chi connectivity index (χ2n) is 3.95. The van der Waals surface area contributed by atoms with Crippen LogP contribution in [-0.4, -0.2) is 5.10 Å². The maximum Gasteiger partial charge on any atom is 0.352 e. The van der Waals surface area contributed by atoms with Gasteiger partial charge in [-0.1, -0.05) is 48.5 Å². The van der Waals surface area contributed by atoms with Crippen molar-refractivity contribution in [1.29, 1.82) is 0 Å². The quantitative estimate of drug-likeness (QED) is 0.711. The molecule has 0 aliphatic heterocycles. The fraction of sp³-hybridized carbons (Fsp3) is 0.0714. The van der Waals surface area contributed by atoms with E-state index in [2.05, 4.69) is 41.5 Å². The monoisotopic (exact) mass is 271 g/mol. The molecule has 18 heavy (non-hydrogen) atoms. The molecule has 1 heterocycles. The van der Waals surface area contributed by atoms with Crippen LogP contribution < -0.4 is 4.44 Å². The van der Waals surface area contributed by atoms with Gasteiger partial charge in [0.2, 0.25) is 5.69 Å². The lowest BCUT2D eigenvalue weighted by molar-refractivity contribution is -0.586. The molecule has 3 rings (SSSR count). The summed E-state index contributed by atoms with van der Waals surface area (Å²) >= 11 is 0. The van der Waals surface area contributed by atoms with Crippen molar-refractivity contribution in [3.63, 3.8) is 0 Å². The average Bonchev–Trinajstić information content (AvgIpc) is 2.89. The van der Waals surface area contributed by atoms with Crippen molar-refractivity contribution in [2.45, 2.75) is 6.42 Å². The third-order valence-corrected chi connectivity index (χ3v) is 4.95. The van der Waals surface area contributed by atoms with Crippen LogP contribution in [0.1, 0.15) is 10.6 Å². The van der Waals surface area contributed by atoms with E-state index in [0.717, 1.165) is 19.6 Å². The molecule has 2 nitrogen and oxygen atoms in total. The lowest BCUT2D eigenvalue weighted by Gasteiger charge is -1.93. The summed E-state index contributed by atoms with van der Waals surface area (Å²) in [4.78, 5) is 0. The van der Waals surface area contributed by atoms with Gasteiger partial charge in [-0.05, 0) is 21.0 Å². The third-order valence-electron chi connectivity index (χ3n) is 2.62. The van der Waals surface area contributed by atoms with Crippen molar-refractivity contribution in [1.82, 2.24) is 5.10 Å². The van der Waals surface area contributed by atoms with Crippen molar-refractivity contribution < 1.29 is 4.44 Å². The van der Waals surface area contributed by atoms with Crippen LogP contribution in [0, 0.1) is 0 Å². The van der Waals surface area contributed by atoms with Crippen LogP contribution >= 0.6 is 18.5 Å². The van der Waals surface area contributed by atoms with Gasteiger partial charge in [-0.2, -0.15) is 0 Å². The predicted octanol–water partition coefficient (Wildman–Crippen LogP) is 3.59. The molecule has 0 unspecified atom stereocenters. The van der Waals surface area contributed by atoms with Gasteiger partial charge in [-0.15, -0.1) is 0 Å². The highest BCUT2D eigenvalue weighted by Crippen LogP contribution is 2.17. The molecule has 4 heteroatoms. The topological polar surface area (TPSA) is 16.8 Å². The summed E-state index contributed by atoms with van der Waals surface area (Å²) in [7, 11) is 2.95. The van der Waals surface area contributed by atoms with Gasteiger partial charge >= 0.3 is 7.53 Å². The largest absolute Gasteiger partial charge is 0.352 e. The van der Waals surface area contributed by atoms with E-state index in [1.165, 1.54) is 10.6 Å². The minimum Gasteiger partial charge on any atom is -0.0622 e. The van der Waals surface area contributed by atoms with E-state index in [1.54, 1.807) is 10.9 Å². The maximum absolute atomic E-state index is 4.65. The van der Waals surface area contributed by atoms with Crippen molar-refractivity contribution in [2.75, 3.05) is 0 Å². The molecule has 0 N–H and O–H groups in total. The third kappa shape index (κ3) is 2.63. The number of aromatic nitrogens is 2. The van der Waals surface area contributed by atoms with Crippen molar-refractivity contribution in [2.24, 2.45) is 0 Å². The molecule has 0 amide bonds. The fourth-order valence-electron chi connectivity index (χ4n) is 1.73. The van der Waals surface area contributed by atoms with Gasteiger partial charge in [0.1, 0.15) is 0 Å². The van der Waals surface area contributed by atoms with E-state index < -0.39 is 0 Å². The van der Waals surface area contributed by atoms with Gasteiger partial charge in [0.15, 0.2) is 5.01 Å². The predicted molar refractivity (Wildman–Crippen MR) is 75.4 cm³/mol. The highest BCUT2D eigenvalue weighted by molar-refractivity contribution is 7.76. The van der Waals surface area contributed by atoms with Crippen LogP contribution in [0.25, 0.3) is 5.69 Å². The highest BCUT2D eigenvalue weighted by atomic mass is 32.5. The minimum atomic E-state index is 0.918. The minimum absolute atomic E-state index is 0.918. The number of hydrogen-bond donors (Lipinski definition) is 0. The first-order valence-electron chi connectivity index (χ1n) is 5.76. The lowest BCUT2D eigenvalue weighted by Crippen LogP contribution is -2.28. The standard InChI is InChI=1S/C14H12N2PS/c1-3-7-12(8-4-1)11-14-15-16(17-18-14)13-9-5-2-6-10-13/h1-10H,11H2/q+1. The van der Waals surface area contributed by atoms with Gasteiger partial charge in [-0.25, -0.2) is 0 Å². The zero-order valence-electron chi connectivity index (χ0n) is 9.73.